The van der Waals surface area contributed by atoms with Crippen LogP contribution >= 0.6 is 11.6 Å². The van der Waals surface area contributed by atoms with Crippen molar-refractivity contribution < 1.29 is 9.59 Å². The van der Waals surface area contributed by atoms with Crippen LogP contribution in [0.25, 0.3) is 0 Å². The molecular formula is C16H21ClN2O2. The number of likely N-dealkylation sites (tertiary alicyclic amines) is 1. The predicted octanol–water partition coefficient (Wildman–Crippen LogP) is 3.23. The minimum absolute atomic E-state index is 0.0328. The molecule has 114 valence electrons. The number of amides is 2. The van der Waals surface area contributed by atoms with E-state index in [1.54, 1.807) is 17.0 Å². The smallest absolute Gasteiger partial charge is 0.229 e. The Morgan fingerprint density at radius 2 is 2.05 bits per heavy atom. The second-order valence-electron chi connectivity index (χ2n) is 6.52. The van der Waals surface area contributed by atoms with Gasteiger partial charge in [0.15, 0.2) is 0 Å². The second kappa shape index (κ2) is 5.68. The van der Waals surface area contributed by atoms with Crippen LogP contribution < -0.4 is 5.32 Å². The molecule has 1 aromatic carbocycles. The Hall–Kier alpha value is -1.55. The monoisotopic (exact) mass is 308 g/mol. The summed E-state index contributed by atoms with van der Waals surface area (Å²) < 4.78 is 0. The topological polar surface area (TPSA) is 49.4 Å². The minimum Gasteiger partial charge on any atom is -0.337 e. The van der Waals surface area contributed by atoms with E-state index in [-0.39, 0.29) is 29.7 Å². The van der Waals surface area contributed by atoms with E-state index >= 15 is 0 Å². The summed E-state index contributed by atoms with van der Waals surface area (Å²) in [6.07, 6.45) is 0.267. The first-order valence-corrected chi connectivity index (χ1v) is 7.44. The van der Waals surface area contributed by atoms with Gasteiger partial charge < -0.3 is 10.2 Å². The number of aryl methyl sites for hydroxylation is 1. The number of carbonyl (C=O) groups excluding carboxylic acids is 2. The summed E-state index contributed by atoms with van der Waals surface area (Å²) in [5.41, 5.74) is 1.40. The lowest BCUT2D eigenvalue weighted by atomic mass is 10.1. The number of rotatable bonds is 2. The van der Waals surface area contributed by atoms with Crippen LogP contribution in [0.5, 0.6) is 0 Å². The summed E-state index contributed by atoms with van der Waals surface area (Å²) >= 11 is 5.95. The van der Waals surface area contributed by atoms with Gasteiger partial charge in [-0.3, -0.25) is 9.59 Å². The molecule has 1 N–H and O–H groups in total. The molecule has 0 radical (unpaired) electrons. The van der Waals surface area contributed by atoms with Crippen LogP contribution in [0.2, 0.25) is 5.02 Å². The predicted molar refractivity (Wildman–Crippen MR) is 84.4 cm³/mol. The summed E-state index contributed by atoms with van der Waals surface area (Å²) in [7, 11) is 0. The molecule has 1 saturated heterocycles. The molecule has 2 rings (SSSR count). The lowest BCUT2D eigenvalue weighted by Crippen LogP contribution is -2.42. The van der Waals surface area contributed by atoms with Gasteiger partial charge in [0, 0.05) is 29.2 Å². The summed E-state index contributed by atoms with van der Waals surface area (Å²) in [4.78, 5) is 26.2. The third-order valence-electron chi connectivity index (χ3n) is 3.76. The molecule has 1 atom stereocenters. The molecule has 0 spiro atoms. The van der Waals surface area contributed by atoms with Gasteiger partial charge in [-0.25, -0.2) is 0 Å². The highest BCUT2D eigenvalue weighted by atomic mass is 35.5. The maximum absolute atomic E-state index is 12.4. The van der Waals surface area contributed by atoms with Gasteiger partial charge in [-0.15, -0.1) is 0 Å². The van der Waals surface area contributed by atoms with Gasteiger partial charge in [0.1, 0.15) is 0 Å². The maximum atomic E-state index is 12.4. The van der Waals surface area contributed by atoms with E-state index in [4.69, 9.17) is 11.6 Å². The van der Waals surface area contributed by atoms with Crippen LogP contribution in [0.4, 0.5) is 5.69 Å². The van der Waals surface area contributed by atoms with Gasteiger partial charge in [-0.2, -0.15) is 0 Å². The summed E-state index contributed by atoms with van der Waals surface area (Å²) in [5.74, 6) is -0.402. The quantitative estimate of drug-likeness (QED) is 0.912. The Balaban J connectivity index is 2.09. The Bertz CT molecular complexity index is 578. The first-order valence-electron chi connectivity index (χ1n) is 7.06. The SMILES string of the molecule is Cc1ccc(Cl)cc1NC(=O)[C@@H]1CC(=O)N(C(C)(C)C)C1. The average molecular weight is 309 g/mol. The highest BCUT2D eigenvalue weighted by Gasteiger charge is 2.39. The van der Waals surface area contributed by atoms with E-state index in [0.717, 1.165) is 5.56 Å². The van der Waals surface area contributed by atoms with Crippen molar-refractivity contribution in [3.8, 4) is 0 Å². The zero-order chi connectivity index (χ0) is 15.8. The van der Waals surface area contributed by atoms with Gasteiger partial charge in [0.25, 0.3) is 0 Å². The summed E-state index contributed by atoms with van der Waals surface area (Å²) in [6.45, 7) is 8.31. The number of carbonyl (C=O) groups is 2. The van der Waals surface area contributed by atoms with Gasteiger partial charge in [0.2, 0.25) is 11.8 Å². The minimum atomic E-state index is -0.310. The standard InChI is InChI=1S/C16H21ClN2O2/c1-10-5-6-12(17)8-13(10)18-15(21)11-7-14(20)19(9-11)16(2,3)4/h5-6,8,11H,7,9H2,1-4H3,(H,18,21)/t11-/m1/s1. The van der Waals surface area contributed by atoms with Crippen LogP contribution in [-0.4, -0.2) is 28.8 Å². The van der Waals surface area contributed by atoms with Crippen molar-refractivity contribution in [3.05, 3.63) is 28.8 Å². The Labute approximate surface area is 130 Å². The molecular weight excluding hydrogens is 288 g/mol. The number of hydrogen-bond acceptors (Lipinski definition) is 2. The Kier molecular flexibility index (Phi) is 4.28. The number of benzene rings is 1. The normalized spacial score (nSPS) is 19.0. The van der Waals surface area contributed by atoms with Crippen molar-refractivity contribution in [1.29, 1.82) is 0 Å². The first-order chi connectivity index (χ1) is 9.68. The molecule has 0 saturated carbocycles. The molecule has 1 fully saturated rings. The number of nitrogens with one attached hydrogen (secondary N) is 1. The molecule has 0 aromatic heterocycles. The summed E-state index contributed by atoms with van der Waals surface area (Å²) in [6, 6.07) is 5.37. The van der Waals surface area contributed by atoms with Crippen LogP contribution in [-0.2, 0) is 9.59 Å². The molecule has 5 heteroatoms. The van der Waals surface area contributed by atoms with E-state index in [2.05, 4.69) is 5.32 Å². The lowest BCUT2D eigenvalue weighted by Gasteiger charge is -2.31. The van der Waals surface area contributed by atoms with Crippen molar-refractivity contribution in [3.63, 3.8) is 0 Å². The van der Waals surface area contributed by atoms with Crippen molar-refractivity contribution in [2.75, 3.05) is 11.9 Å². The van der Waals surface area contributed by atoms with E-state index < -0.39 is 0 Å². The number of nitrogens with zero attached hydrogens (tertiary/aromatic N) is 1. The van der Waals surface area contributed by atoms with Crippen molar-refractivity contribution >= 4 is 29.1 Å². The Morgan fingerprint density at radius 1 is 1.38 bits per heavy atom. The van der Waals surface area contributed by atoms with E-state index in [1.807, 2.05) is 33.8 Å². The fraction of sp³-hybridized carbons (Fsp3) is 0.500. The third-order valence-corrected chi connectivity index (χ3v) is 4.00. The van der Waals surface area contributed by atoms with Gasteiger partial charge >= 0.3 is 0 Å². The maximum Gasteiger partial charge on any atom is 0.229 e. The molecule has 21 heavy (non-hydrogen) atoms. The highest BCUT2D eigenvalue weighted by Crippen LogP contribution is 2.27. The van der Waals surface area contributed by atoms with E-state index in [9.17, 15) is 9.59 Å². The van der Waals surface area contributed by atoms with Crippen LogP contribution in [0.15, 0.2) is 18.2 Å². The highest BCUT2D eigenvalue weighted by molar-refractivity contribution is 6.31. The molecule has 0 bridgehead atoms. The molecule has 1 aliphatic rings. The Morgan fingerprint density at radius 3 is 2.62 bits per heavy atom. The van der Waals surface area contributed by atoms with Crippen molar-refractivity contribution in [2.24, 2.45) is 5.92 Å². The first kappa shape index (κ1) is 15.8. The molecule has 0 aliphatic carbocycles. The van der Waals surface area contributed by atoms with Crippen LogP contribution in [0, 0.1) is 12.8 Å². The zero-order valence-corrected chi connectivity index (χ0v) is 13.6. The van der Waals surface area contributed by atoms with Gasteiger partial charge in [-0.1, -0.05) is 17.7 Å². The fourth-order valence-electron chi connectivity index (χ4n) is 2.49. The number of halogens is 1. The van der Waals surface area contributed by atoms with Crippen LogP contribution in [0.3, 0.4) is 0 Å². The van der Waals surface area contributed by atoms with Crippen LogP contribution in [0.1, 0.15) is 32.8 Å². The van der Waals surface area contributed by atoms with E-state index in [0.29, 0.717) is 17.3 Å². The summed E-state index contributed by atoms with van der Waals surface area (Å²) in [5, 5.41) is 3.46. The van der Waals surface area contributed by atoms with Gasteiger partial charge in [0.05, 0.1) is 5.92 Å². The van der Waals surface area contributed by atoms with Crippen molar-refractivity contribution in [2.45, 2.75) is 39.7 Å². The number of hydrogen-bond donors (Lipinski definition) is 1. The largest absolute Gasteiger partial charge is 0.337 e. The van der Waals surface area contributed by atoms with E-state index in [1.165, 1.54) is 0 Å². The zero-order valence-electron chi connectivity index (χ0n) is 12.9. The molecule has 0 unspecified atom stereocenters. The fourth-order valence-corrected chi connectivity index (χ4v) is 2.67. The molecule has 1 aromatic rings. The molecule has 2 amide bonds. The average Bonchev–Trinajstić information content (AvgIpc) is 2.76. The molecule has 4 nitrogen and oxygen atoms in total. The number of anilines is 1. The lowest BCUT2D eigenvalue weighted by molar-refractivity contribution is -0.131. The molecule has 1 aliphatic heterocycles. The molecule has 1 heterocycles. The van der Waals surface area contributed by atoms with Gasteiger partial charge in [-0.05, 0) is 45.4 Å². The third kappa shape index (κ3) is 3.56. The van der Waals surface area contributed by atoms with Crippen molar-refractivity contribution in [1.82, 2.24) is 4.90 Å². The second-order valence-corrected chi connectivity index (χ2v) is 6.96.